The molecule has 5 nitrogen and oxygen atoms in total. The molecule has 0 aliphatic carbocycles. The molecule has 0 radical (unpaired) electrons. The topological polar surface area (TPSA) is 74.8 Å². The summed E-state index contributed by atoms with van der Waals surface area (Å²) in [5.74, 6) is -0.291. The number of aromatic nitrogens is 2. The number of alkyl halides is 3. The second-order valence-electron chi connectivity index (χ2n) is 6.16. The molecule has 8 heteroatoms. The maximum atomic E-state index is 13.2. The minimum Gasteiger partial charge on any atom is -0.344 e. The summed E-state index contributed by atoms with van der Waals surface area (Å²) in [6, 6.07) is 9.00. The van der Waals surface area contributed by atoms with Gasteiger partial charge in [-0.25, -0.2) is 4.98 Å². The lowest BCUT2D eigenvalue weighted by Crippen LogP contribution is -2.29. The molecule has 0 unspecified atom stereocenters. The van der Waals surface area contributed by atoms with Crippen molar-refractivity contribution in [3.05, 3.63) is 75.5 Å². The number of fused-ring (bicyclic) bond motifs is 1. The van der Waals surface area contributed by atoms with Crippen molar-refractivity contribution in [2.24, 2.45) is 0 Å². The number of hydrogen-bond donors (Lipinski definition) is 2. The van der Waals surface area contributed by atoms with Gasteiger partial charge in [0.25, 0.3) is 11.5 Å². The van der Waals surface area contributed by atoms with Crippen molar-refractivity contribution >= 4 is 16.7 Å². The van der Waals surface area contributed by atoms with Gasteiger partial charge in [0, 0.05) is 6.07 Å². The highest BCUT2D eigenvalue weighted by Gasteiger charge is 2.33. The van der Waals surface area contributed by atoms with Gasteiger partial charge in [-0.1, -0.05) is 30.3 Å². The lowest BCUT2D eigenvalue weighted by molar-refractivity contribution is -0.136. The van der Waals surface area contributed by atoms with Crippen molar-refractivity contribution in [3.8, 4) is 0 Å². The number of nitrogens with zero attached hydrogens (tertiary/aromatic N) is 1. The molecule has 1 aromatic heterocycles. The first-order chi connectivity index (χ1) is 12.7. The van der Waals surface area contributed by atoms with Crippen LogP contribution in [0.25, 0.3) is 10.8 Å². The van der Waals surface area contributed by atoms with Crippen LogP contribution in [-0.4, -0.2) is 15.9 Å². The first-order valence-electron chi connectivity index (χ1n) is 8.14. The summed E-state index contributed by atoms with van der Waals surface area (Å²) < 4.78 is 39.7. The van der Waals surface area contributed by atoms with Crippen molar-refractivity contribution in [2.45, 2.75) is 26.1 Å². The molecule has 0 saturated heterocycles. The SMILES string of the molecule is Cc1nc(C(=O)N[C@H](C)c2ccc(C(F)(F)F)c3ccccc23)cc(=O)[nH]1. The molecule has 2 aromatic carbocycles. The Hall–Kier alpha value is -3.16. The predicted octanol–water partition coefficient (Wildman–Crippen LogP) is 3.74. The second-order valence-corrected chi connectivity index (χ2v) is 6.16. The van der Waals surface area contributed by atoms with Gasteiger partial charge in [0.2, 0.25) is 0 Å². The molecule has 2 N–H and O–H groups in total. The van der Waals surface area contributed by atoms with Gasteiger partial charge in [0.05, 0.1) is 11.6 Å². The number of aromatic amines is 1. The molecule has 0 aliphatic rings. The third kappa shape index (κ3) is 3.84. The fraction of sp³-hybridized carbons (Fsp3) is 0.211. The Labute approximate surface area is 152 Å². The van der Waals surface area contributed by atoms with E-state index in [2.05, 4.69) is 15.3 Å². The summed E-state index contributed by atoms with van der Waals surface area (Å²) in [5, 5.41) is 3.14. The molecule has 1 atom stereocenters. The molecule has 1 amide bonds. The van der Waals surface area contributed by atoms with Crippen LogP contribution in [0.4, 0.5) is 13.2 Å². The Balaban J connectivity index is 1.98. The number of amides is 1. The fourth-order valence-electron chi connectivity index (χ4n) is 2.99. The highest BCUT2D eigenvalue weighted by Crippen LogP contribution is 2.37. The van der Waals surface area contributed by atoms with E-state index in [0.717, 1.165) is 12.1 Å². The van der Waals surface area contributed by atoms with Crippen molar-refractivity contribution in [2.75, 3.05) is 0 Å². The first kappa shape index (κ1) is 18.6. The normalized spacial score (nSPS) is 12.8. The van der Waals surface area contributed by atoms with Gasteiger partial charge >= 0.3 is 6.18 Å². The molecule has 27 heavy (non-hydrogen) atoms. The maximum Gasteiger partial charge on any atom is 0.417 e. The van der Waals surface area contributed by atoms with E-state index in [1.165, 1.54) is 18.2 Å². The van der Waals surface area contributed by atoms with Gasteiger partial charge in [-0.3, -0.25) is 9.59 Å². The Bertz CT molecular complexity index is 1070. The van der Waals surface area contributed by atoms with Gasteiger partial charge in [0.15, 0.2) is 0 Å². The number of carbonyl (C=O) groups is 1. The number of halogens is 3. The summed E-state index contributed by atoms with van der Waals surface area (Å²) in [6.07, 6.45) is -4.48. The van der Waals surface area contributed by atoms with Crippen molar-refractivity contribution < 1.29 is 18.0 Å². The number of carbonyl (C=O) groups excluding carboxylic acids is 1. The average Bonchev–Trinajstić information content (AvgIpc) is 2.58. The monoisotopic (exact) mass is 375 g/mol. The molecular formula is C19H16F3N3O2. The van der Waals surface area contributed by atoms with E-state index in [1.807, 2.05) is 0 Å². The molecular weight excluding hydrogens is 359 g/mol. The molecule has 0 aliphatic heterocycles. The molecule has 0 bridgehead atoms. The van der Waals surface area contributed by atoms with E-state index in [-0.39, 0.29) is 11.1 Å². The summed E-state index contributed by atoms with van der Waals surface area (Å²) in [6.45, 7) is 3.21. The van der Waals surface area contributed by atoms with Crippen molar-refractivity contribution in [1.29, 1.82) is 0 Å². The predicted molar refractivity (Wildman–Crippen MR) is 94.4 cm³/mol. The van der Waals surface area contributed by atoms with Gasteiger partial charge in [-0.2, -0.15) is 13.2 Å². The Morgan fingerprint density at radius 3 is 2.44 bits per heavy atom. The Morgan fingerprint density at radius 1 is 1.15 bits per heavy atom. The molecule has 3 aromatic rings. The largest absolute Gasteiger partial charge is 0.417 e. The van der Waals surface area contributed by atoms with Crippen LogP contribution in [0.3, 0.4) is 0 Å². The molecule has 1 heterocycles. The van der Waals surface area contributed by atoms with E-state index < -0.39 is 29.2 Å². The third-order valence-corrected chi connectivity index (χ3v) is 4.17. The Morgan fingerprint density at radius 2 is 1.81 bits per heavy atom. The smallest absolute Gasteiger partial charge is 0.344 e. The van der Waals surface area contributed by atoms with Crippen LogP contribution in [0.5, 0.6) is 0 Å². The zero-order chi connectivity index (χ0) is 19.8. The highest BCUT2D eigenvalue weighted by molar-refractivity contribution is 5.94. The lowest BCUT2D eigenvalue weighted by atomic mass is 9.95. The molecule has 0 saturated carbocycles. The van der Waals surface area contributed by atoms with E-state index in [4.69, 9.17) is 0 Å². The van der Waals surface area contributed by atoms with Crippen molar-refractivity contribution in [3.63, 3.8) is 0 Å². The van der Waals surface area contributed by atoms with Crippen LogP contribution in [-0.2, 0) is 6.18 Å². The van der Waals surface area contributed by atoms with E-state index in [0.29, 0.717) is 16.8 Å². The zero-order valence-electron chi connectivity index (χ0n) is 14.5. The molecule has 0 spiro atoms. The summed E-state index contributed by atoms with van der Waals surface area (Å²) in [7, 11) is 0. The van der Waals surface area contributed by atoms with Crippen LogP contribution in [0.1, 0.15) is 40.4 Å². The fourth-order valence-corrected chi connectivity index (χ4v) is 2.99. The zero-order valence-corrected chi connectivity index (χ0v) is 14.5. The molecule has 3 rings (SSSR count). The van der Waals surface area contributed by atoms with Crippen LogP contribution < -0.4 is 10.9 Å². The van der Waals surface area contributed by atoms with Gasteiger partial charge in [0.1, 0.15) is 11.5 Å². The van der Waals surface area contributed by atoms with Gasteiger partial charge < -0.3 is 10.3 Å². The van der Waals surface area contributed by atoms with Gasteiger partial charge in [-0.05, 0) is 36.2 Å². The van der Waals surface area contributed by atoms with Crippen LogP contribution >= 0.6 is 0 Å². The van der Waals surface area contributed by atoms with Gasteiger partial charge in [-0.15, -0.1) is 0 Å². The second kappa shape index (κ2) is 6.86. The standard InChI is InChI=1S/C19H16F3N3O2/c1-10(23-18(27)16-9-17(26)25-11(2)24-16)12-7-8-15(19(20,21)22)14-6-4-3-5-13(12)14/h3-10H,1-2H3,(H,23,27)(H,24,25,26)/t10-/m1/s1. The van der Waals surface area contributed by atoms with Crippen LogP contribution in [0.2, 0.25) is 0 Å². The quantitative estimate of drug-likeness (QED) is 0.732. The number of hydrogen-bond acceptors (Lipinski definition) is 3. The average molecular weight is 375 g/mol. The van der Waals surface area contributed by atoms with E-state index >= 15 is 0 Å². The summed E-state index contributed by atoms with van der Waals surface area (Å²) in [4.78, 5) is 30.3. The lowest BCUT2D eigenvalue weighted by Gasteiger charge is -2.19. The minimum absolute atomic E-state index is 0.0562. The molecule has 0 fully saturated rings. The van der Waals surface area contributed by atoms with Crippen LogP contribution in [0, 0.1) is 6.92 Å². The van der Waals surface area contributed by atoms with Crippen molar-refractivity contribution in [1.82, 2.24) is 15.3 Å². The number of benzene rings is 2. The number of nitrogens with one attached hydrogen (secondary N) is 2. The van der Waals surface area contributed by atoms with E-state index in [9.17, 15) is 22.8 Å². The van der Waals surface area contributed by atoms with E-state index in [1.54, 1.807) is 26.0 Å². The number of rotatable bonds is 3. The summed E-state index contributed by atoms with van der Waals surface area (Å²) in [5.41, 5.74) is -0.708. The summed E-state index contributed by atoms with van der Waals surface area (Å²) >= 11 is 0. The minimum atomic E-state index is -4.48. The maximum absolute atomic E-state index is 13.2. The number of aryl methyl sites for hydroxylation is 1. The number of H-pyrrole nitrogens is 1. The Kier molecular flexibility index (Phi) is 4.73. The highest BCUT2D eigenvalue weighted by atomic mass is 19.4. The first-order valence-corrected chi connectivity index (χ1v) is 8.14. The van der Waals surface area contributed by atoms with Crippen LogP contribution in [0.15, 0.2) is 47.3 Å². The molecule has 140 valence electrons. The third-order valence-electron chi connectivity index (χ3n) is 4.17.